The van der Waals surface area contributed by atoms with Crippen LogP contribution in [-0.4, -0.2) is 20.6 Å². The second kappa shape index (κ2) is 3.63. The zero-order chi connectivity index (χ0) is 11.9. The summed E-state index contributed by atoms with van der Waals surface area (Å²) >= 11 is 0. The van der Waals surface area contributed by atoms with Crippen molar-refractivity contribution in [3.63, 3.8) is 0 Å². The SMILES string of the molecule is CC(C)c1c(C(=O)O)c2cccnc2n1C. The van der Waals surface area contributed by atoms with Crippen LogP contribution in [0.15, 0.2) is 18.3 Å². The summed E-state index contributed by atoms with van der Waals surface area (Å²) in [5.41, 5.74) is 1.92. The monoisotopic (exact) mass is 218 g/mol. The molecule has 0 aromatic carbocycles. The van der Waals surface area contributed by atoms with E-state index in [9.17, 15) is 9.90 Å². The first-order valence-corrected chi connectivity index (χ1v) is 5.20. The van der Waals surface area contributed by atoms with Gasteiger partial charge in [0, 0.05) is 24.3 Å². The van der Waals surface area contributed by atoms with Crippen molar-refractivity contribution in [2.24, 2.45) is 7.05 Å². The normalized spacial score (nSPS) is 11.2. The first-order valence-electron chi connectivity index (χ1n) is 5.20. The molecule has 0 atom stereocenters. The number of carboxylic acid groups (broad SMARTS) is 1. The van der Waals surface area contributed by atoms with Gasteiger partial charge in [0.25, 0.3) is 0 Å². The first kappa shape index (κ1) is 10.7. The Bertz CT molecular complexity index is 555. The van der Waals surface area contributed by atoms with Gasteiger partial charge in [0.2, 0.25) is 0 Å². The minimum Gasteiger partial charge on any atom is -0.478 e. The van der Waals surface area contributed by atoms with Gasteiger partial charge in [-0.3, -0.25) is 0 Å². The third-order valence-corrected chi connectivity index (χ3v) is 2.75. The Balaban J connectivity index is 2.92. The smallest absolute Gasteiger partial charge is 0.338 e. The molecule has 0 saturated carbocycles. The molecule has 2 heterocycles. The molecule has 2 aromatic rings. The average Bonchev–Trinajstić information content (AvgIpc) is 2.53. The maximum Gasteiger partial charge on any atom is 0.338 e. The maximum absolute atomic E-state index is 11.3. The molecule has 0 unspecified atom stereocenters. The summed E-state index contributed by atoms with van der Waals surface area (Å²) < 4.78 is 1.86. The Morgan fingerprint density at radius 3 is 2.75 bits per heavy atom. The summed E-state index contributed by atoms with van der Waals surface area (Å²) in [4.78, 5) is 15.5. The second-order valence-electron chi connectivity index (χ2n) is 4.15. The molecule has 2 rings (SSSR count). The number of rotatable bonds is 2. The van der Waals surface area contributed by atoms with Crippen molar-refractivity contribution in [1.29, 1.82) is 0 Å². The molecule has 0 aliphatic rings. The number of nitrogens with zero attached hydrogens (tertiary/aromatic N) is 2. The fourth-order valence-electron chi connectivity index (χ4n) is 2.18. The molecular weight excluding hydrogens is 204 g/mol. The van der Waals surface area contributed by atoms with Crippen molar-refractivity contribution in [2.75, 3.05) is 0 Å². The lowest BCUT2D eigenvalue weighted by atomic mass is 10.0. The molecule has 0 saturated heterocycles. The summed E-state index contributed by atoms with van der Waals surface area (Å²) in [6, 6.07) is 3.57. The van der Waals surface area contributed by atoms with E-state index in [1.165, 1.54) is 0 Å². The number of hydrogen-bond donors (Lipinski definition) is 1. The van der Waals surface area contributed by atoms with Crippen LogP contribution in [0, 0.1) is 0 Å². The average molecular weight is 218 g/mol. The van der Waals surface area contributed by atoms with Gasteiger partial charge in [-0.05, 0) is 18.1 Å². The molecule has 2 aromatic heterocycles. The predicted molar refractivity (Wildman–Crippen MR) is 61.8 cm³/mol. The maximum atomic E-state index is 11.3. The van der Waals surface area contributed by atoms with Crippen molar-refractivity contribution in [1.82, 2.24) is 9.55 Å². The van der Waals surface area contributed by atoms with Gasteiger partial charge in [-0.1, -0.05) is 13.8 Å². The molecule has 0 aliphatic carbocycles. The van der Waals surface area contributed by atoms with Crippen LogP contribution < -0.4 is 0 Å². The van der Waals surface area contributed by atoms with E-state index in [-0.39, 0.29) is 5.92 Å². The fraction of sp³-hybridized carbons (Fsp3) is 0.333. The summed E-state index contributed by atoms with van der Waals surface area (Å²) in [5.74, 6) is -0.729. The topological polar surface area (TPSA) is 55.1 Å². The highest BCUT2D eigenvalue weighted by atomic mass is 16.4. The lowest BCUT2D eigenvalue weighted by molar-refractivity contribution is 0.0697. The van der Waals surface area contributed by atoms with Crippen LogP contribution in [0.2, 0.25) is 0 Å². The van der Waals surface area contributed by atoms with Gasteiger partial charge >= 0.3 is 5.97 Å². The predicted octanol–water partition coefficient (Wildman–Crippen LogP) is 2.39. The highest BCUT2D eigenvalue weighted by Gasteiger charge is 2.22. The molecule has 0 bridgehead atoms. The number of aromatic nitrogens is 2. The molecule has 1 N–H and O–H groups in total. The van der Waals surface area contributed by atoms with Crippen LogP contribution in [0.4, 0.5) is 0 Å². The van der Waals surface area contributed by atoms with E-state index < -0.39 is 5.97 Å². The molecule has 0 amide bonds. The van der Waals surface area contributed by atoms with Gasteiger partial charge in [0.15, 0.2) is 0 Å². The van der Waals surface area contributed by atoms with E-state index in [1.807, 2.05) is 25.5 Å². The van der Waals surface area contributed by atoms with E-state index in [0.717, 1.165) is 11.3 Å². The molecule has 0 aliphatic heterocycles. The number of carbonyl (C=O) groups is 1. The minimum absolute atomic E-state index is 0.158. The highest BCUT2D eigenvalue weighted by molar-refractivity contribution is 6.04. The standard InChI is InChI=1S/C12H14N2O2/c1-7(2)10-9(12(15)16)8-5-4-6-13-11(8)14(10)3/h4-7H,1-3H3,(H,15,16). The first-order chi connectivity index (χ1) is 7.54. The Kier molecular flexibility index (Phi) is 2.42. The minimum atomic E-state index is -0.887. The number of pyridine rings is 1. The van der Waals surface area contributed by atoms with Crippen LogP contribution in [0.25, 0.3) is 11.0 Å². The van der Waals surface area contributed by atoms with Crippen LogP contribution in [-0.2, 0) is 7.05 Å². The van der Waals surface area contributed by atoms with E-state index in [0.29, 0.717) is 10.9 Å². The molecule has 0 fully saturated rings. The second-order valence-corrected chi connectivity index (χ2v) is 4.15. The van der Waals surface area contributed by atoms with Crippen molar-refractivity contribution < 1.29 is 9.90 Å². The Morgan fingerprint density at radius 2 is 2.19 bits per heavy atom. The molecule has 0 spiro atoms. The van der Waals surface area contributed by atoms with E-state index in [4.69, 9.17) is 0 Å². The van der Waals surface area contributed by atoms with Crippen LogP contribution in [0.5, 0.6) is 0 Å². The van der Waals surface area contributed by atoms with Gasteiger partial charge < -0.3 is 9.67 Å². The molecule has 16 heavy (non-hydrogen) atoms. The van der Waals surface area contributed by atoms with Crippen molar-refractivity contribution in [2.45, 2.75) is 19.8 Å². The molecule has 0 radical (unpaired) electrons. The third kappa shape index (κ3) is 1.38. The quantitative estimate of drug-likeness (QED) is 0.842. The van der Waals surface area contributed by atoms with Crippen LogP contribution in [0.3, 0.4) is 0 Å². The lowest BCUT2D eigenvalue weighted by Gasteiger charge is -2.08. The number of carboxylic acids is 1. The summed E-state index contributed by atoms with van der Waals surface area (Å²) in [7, 11) is 1.86. The van der Waals surface area contributed by atoms with Crippen LogP contribution >= 0.6 is 0 Å². The van der Waals surface area contributed by atoms with E-state index >= 15 is 0 Å². The Morgan fingerprint density at radius 1 is 1.50 bits per heavy atom. The number of aromatic carboxylic acids is 1. The molecule has 84 valence electrons. The summed E-state index contributed by atoms with van der Waals surface area (Å²) in [6.45, 7) is 3.97. The Labute approximate surface area is 93.5 Å². The number of hydrogen-bond acceptors (Lipinski definition) is 2. The molecule has 4 heteroatoms. The fourth-order valence-corrected chi connectivity index (χ4v) is 2.18. The van der Waals surface area contributed by atoms with Crippen LogP contribution in [0.1, 0.15) is 35.8 Å². The van der Waals surface area contributed by atoms with Crippen molar-refractivity contribution in [3.05, 3.63) is 29.6 Å². The van der Waals surface area contributed by atoms with Gasteiger partial charge in [0.05, 0.1) is 5.56 Å². The van der Waals surface area contributed by atoms with E-state index in [1.54, 1.807) is 18.3 Å². The van der Waals surface area contributed by atoms with E-state index in [2.05, 4.69) is 4.98 Å². The van der Waals surface area contributed by atoms with Gasteiger partial charge in [-0.15, -0.1) is 0 Å². The zero-order valence-electron chi connectivity index (χ0n) is 9.56. The lowest BCUT2D eigenvalue weighted by Crippen LogP contribution is -2.05. The number of aryl methyl sites for hydroxylation is 1. The summed E-state index contributed by atoms with van der Waals surface area (Å²) in [5, 5.41) is 9.99. The third-order valence-electron chi connectivity index (χ3n) is 2.75. The molecule has 4 nitrogen and oxygen atoms in total. The molecular formula is C12H14N2O2. The van der Waals surface area contributed by atoms with Gasteiger partial charge in [-0.2, -0.15) is 0 Å². The van der Waals surface area contributed by atoms with Crippen molar-refractivity contribution >= 4 is 17.0 Å². The Hall–Kier alpha value is -1.84. The van der Waals surface area contributed by atoms with Gasteiger partial charge in [-0.25, -0.2) is 9.78 Å². The highest BCUT2D eigenvalue weighted by Crippen LogP contribution is 2.28. The zero-order valence-corrected chi connectivity index (χ0v) is 9.56. The summed E-state index contributed by atoms with van der Waals surface area (Å²) in [6.07, 6.45) is 1.68. The van der Waals surface area contributed by atoms with Crippen molar-refractivity contribution in [3.8, 4) is 0 Å². The number of fused-ring (bicyclic) bond motifs is 1. The largest absolute Gasteiger partial charge is 0.478 e. The van der Waals surface area contributed by atoms with Gasteiger partial charge in [0.1, 0.15) is 5.65 Å².